The molecule has 0 unspecified atom stereocenters. The van der Waals surface area contributed by atoms with Gasteiger partial charge in [-0.2, -0.15) is 0 Å². The minimum atomic E-state index is -0.522. The first kappa shape index (κ1) is 23.9. The summed E-state index contributed by atoms with van der Waals surface area (Å²) in [7, 11) is 1.58. The van der Waals surface area contributed by atoms with Gasteiger partial charge in [-0.25, -0.2) is 4.79 Å². The molecule has 3 aromatic rings. The first-order valence-electron chi connectivity index (χ1n) is 10.7. The average molecular weight is 448 g/mol. The van der Waals surface area contributed by atoms with E-state index in [4.69, 9.17) is 14.2 Å². The van der Waals surface area contributed by atoms with Gasteiger partial charge in [0, 0.05) is 11.3 Å². The van der Waals surface area contributed by atoms with E-state index in [0.717, 1.165) is 11.1 Å². The molecule has 0 saturated heterocycles. The molecule has 0 aliphatic carbocycles. The summed E-state index contributed by atoms with van der Waals surface area (Å²) in [6.07, 6.45) is 0. The van der Waals surface area contributed by atoms with E-state index in [9.17, 15) is 9.59 Å². The normalized spacial score (nSPS) is 10.9. The number of benzene rings is 3. The maximum atomic E-state index is 12.4. The van der Waals surface area contributed by atoms with Gasteiger partial charge in [-0.05, 0) is 72.5 Å². The van der Waals surface area contributed by atoms with Crippen LogP contribution >= 0.6 is 0 Å². The van der Waals surface area contributed by atoms with Crippen molar-refractivity contribution < 1.29 is 23.8 Å². The second-order valence-corrected chi connectivity index (χ2v) is 8.72. The van der Waals surface area contributed by atoms with Crippen LogP contribution in [0.15, 0.2) is 66.7 Å². The van der Waals surface area contributed by atoms with Gasteiger partial charge in [0.15, 0.2) is 6.61 Å². The van der Waals surface area contributed by atoms with Gasteiger partial charge in [0.05, 0.1) is 7.11 Å². The van der Waals surface area contributed by atoms with E-state index in [1.807, 2.05) is 19.1 Å². The monoisotopic (exact) mass is 447 g/mol. The molecule has 6 heteroatoms. The number of ether oxygens (including phenoxy) is 3. The number of methoxy groups -OCH3 is 1. The van der Waals surface area contributed by atoms with Crippen molar-refractivity contribution in [1.29, 1.82) is 0 Å². The third-order valence-corrected chi connectivity index (χ3v) is 4.98. The zero-order chi connectivity index (χ0) is 24.0. The number of esters is 1. The molecule has 0 bridgehead atoms. The molecule has 0 aromatic heterocycles. The number of nitrogens with one attached hydrogen (secondary N) is 1. The Morgan fingerprint density at radius 3 is 2.12 bits per heavy atom. The van der Waals surface area contributed by atoms with E-state index in [0.29, 0.717) is 28.5 Å². The van der Waals surface area contributed by atoms with Gasteiger partial charge in [0.2, 0.25) is 0 Å². The minimum Gasteiger partial charge on any atom is -0.497 e. The molecule has 0 heterocycles. The highest BCUT2D eigenvalue weighted by Gasteiger charge is 2.20. The maximum Gasteiger partial charge on any atom is 0.349 e. The average Bonchev–Trinajstić information content (AvgIpc) is 2.78. The quantitative estimate of drug-likeness (QED) is 0.380. The van der Waals surface area contributed by atoms with Gasteiger partial charge < -0.3 is 19.5 Å². The summed E-state index contributed by atoms with van der Waals surface area (Å²) < 4.78 is 16.2. The Morgan fingerprint density at radius 2 is 1.52 bits per heavy atom. The van der Waals surface area contributed by atoms with Crippen LogP contribution in [0.2, 0.25) is 0 Å². The van der Waals surface area contributed by atoms with E-state index < -0.39 is 5.97 Å². The predicted molar refractivity (Wildman–Crippen MR) is 128 cm³/mol. The molecule has 33 heavy (non-hydrogen) atoms. The predicted octanol–water partition coefficient (Wildman–Crippen LogP) is 5.54. The van der Waals surface area contributed by atoms with Crippen LogP contribution in [0.4, 0.5) is 5.69 Å². The van der Waals surface area contributed by atoms with E-state index in [-0.39, 0.29) is 17.9 Å². The molecule has 1 N–H and O–H groups in total. The number of aryl methyl sites for hydroxylation is 1. The molecular weight excluding hydrogens is 418 g/mol. The summed E-state index contributed by atoms with van der Waals surface area (Å²) >= 11 is 0. The van der Waals surface area contributed by atoms with Crippen LogP contribution in [0.5, 0.6) is 17.2 Å². The highest BCUT2D eigenvalue weighted by atomic mass is 16.6. The molecule has 0 spiro atoms. The lowest BCUT2D eigenvalue weighted by Crippen LogP contribution is -2.20. The van der Waals surface area contributed by atoms with Crippen molar-refractivity contribution in [2.45, 2.75) is 33.1 Å². The minimum absolute atomic E-state index is 0.118. The summed E-state index contributed by atoms with van der Waals surface area (Å²) in [5.74, 6) is 0.918. The molecule has 1 amide bonds. The van der Waals surface area contributed by atoms with E-state index >= 15 is 0 Å². The lowest BCUT2D eigenvalue weighted by Gasteiger charge is -2.23. The Morgan fingerprint density at radius 1 is 0.879 bits per heavy atom. The number of hydrogen-bond donors (Lipinski definition) is 1. The van der Waals surface area contributed by atoms with Crippen molar-refractivity contribution >= 4 is 17.6 Å². The summed E-state index contributed by atoms with van der Waals surface area (Å²) in [5.41, 5.74) is 3.14. The Bertz CT molecular complexity index is 1110. The first-order chi connectivity index (χ1) is 15.7. The number of hydrogen-bond acceptors (Lipinski definition) is 5. The molecule has 0 atom stereocenters. The number of amides is 1. The van der Waals surface area contributed by atoms with Crippen LogP contribution in [-0.2, 0) is 10.2 Å². The van der Waals surface area contributed by atoms with Crippen molar-refractivity contribution in [3.05, 3.63) is 83.4 Å². The van der Waals surface area contributed by atoms with Gasteiger partial charge in [0.25, 0.3) is 5.91 Å². The molecule has 172 valence electrons. The topological polar surface area (TPSA) is 73.9 Å². The van der Waals surface area contributed by atoms with Crippen molar-refractivity contribution in [3.63, 3.8) is 0 Å². The van der Waals surface area contributed by atoms with Crippen LogP contribution in [0, 0.1) is 6.92 Å². The molecule has 3 aromatic carbocycles. The Hall–Kier alpha value is -3.80. The van der Waals surface area contributed by atoms with Crippen LogP contribution in [0.3, 0.4) is 0 Å². The fourth-order valence-electron chi connectivity index (χ4n) is 3.21. The van der Waals surface area contributed by atoms with Crippen molar-refractivity contribution in [1.82, 2.24) is 0 Å². The van der Waals surface area contributed by atoms with Gasteiger partial charge in [-0.15, -0.1) is 0 Å². The SMILES string of the molecule is COc1ccc(NC(=O)c2ccc(OC(=O)COc3ccc(C)cc3C(C)(C)C)cc2)cc1. The number of carbonyl (C=O) groups is 2. The van der Waals surface area contributed by atoms with Gasteiger partial charge in [0.1, 0.15) is 17.2 Å². The lowest BCUT2D eigenvalue weighted by molar-refractivity contribution is -0.136. The third-order valence-electron chi connectivity index (χ3n) is 4.98. The zero-order valence-electron chi connectivity index (χ0n) is 19.6. The fraction of sp³-hybridized carbons (Fsp3) is 0.259. The number of anilines is 1. The lowest BCUT2D eigenvalue weighted by atomic mass is 9.85. The van der Waals surface area contributed by atoms with Crippen LogP contribution < -0.4 is 19.5 Å². The zero-order valence-corrected chi connectivity index (χ0v) is 19.6. The molecule has 0 fully saturated rings. The van der Waals surface area contributed by atoms with Gasteiger partial charge >= 0.3 is 5.97 Å². The molecule has 3 rings (SSSR count). The molecular formula is C27H29NO5. The maximum absolute atomic E-state index is 12.4. The van der Waals surface area contributed by atoms with Crippen LogP contribution in [-0.4, -0.2) is 25.6 Å². The smallest absolute Gasteiger partial charge is 0.349 e. The Balaban J connectivity index is 1.56. The summed E-state index contributed by atoms with van der Waals surface area (Å²) in [6.45, 7) is 8.10. The van der Waals surface area contributed by atoms with E-state index in [1.54, 1.807) is 55.6 Å². The Kier molecular flexibility index (Phi) is 7.38. The summed E-state index contributed by atoms with van der Waals surface area (Å²) in [5, 5.41) is 2.81. The summed E-state index contributed by atoms with van der Waals surface area (Å²) in [6, 6.07) is 19.3. The summed E-state index contributed by atoms with van der Waals surface area (Å²) in [4.78, 5) is 24.7. The fourth-order valence-corrected chi connectivity index (χ4v) is 3.21. The second kappa shape index (κ2) is 10.2. The number of carbonyl (C=O) groups excluding carboxylic acids is 2. The van der Waals surface area contributed by atoms with Gasteiger partial charge in [-0.1, -0.05) is 38.5 Å². The second-order valence-electron chi connectivity index (χ2n) is 8.72. The van der Waals surface area contributed by atoms with Crippen molar-refractivity contribution in [3.8, 4) is 17.2 Å². The standard InChI is InChI=1S/C27H29NO5/c1-18-6-15-24(23(16-18)27(2,3)4)32-17-25(29)33-22-11-7-19(8-12-22)26(30)28-20-9-13-21(31-5)14-10-20/h6-16H,17H2,1-5H3,(H,28,30). The van der Waals surface area contributed by atoms with Crippen LogP contribution in [0.25, 0.3) is 0 Å². The molecule has 0 aliphatic rings. The molecule has 0 aliphatic heterocycles. The van der Waals surface area contributed by atoms with E-state index in [1.165, 1.54) is 0 Å². The third kappa shape index (κ3) is 6.59. The van der Waals surface area contributed by atoms with Crippen molar-refractivity contribution in [2.24, 2.45) is 0 Å². The van der Waals surface area contributed by atoms with Gasteiger partial charge in [-0.3, -0.25) is 4.79 Å². The highest BCUT2D eigenvalue weighted by molar-refractivity contribution is 6.04. The first-order valence-corrected chi connectivity index (χ1v) is 10.7. The Labute approximate surface area is 194 Å². The largest absolute Gasteiger partial charge is 0.497 e. The van der Waals surface area contributed by atoms with Crippen LogP contribution in [0.1, 0.15) is 42.3 Å². The molecule has 6 nitrogen and oxygen atoms in total. The highest BCUT2D eigenvalue weighted by Crippen LogP contribution is 2.32. The van der Waals surface area contributed by atoms with E-state index in [2.05, 4.69) is 32.2 Å². The molecule has 0 saturated carbocycles. The van der Waals surface area contributed by atoms with Crippen molar-refractivity contribution in [2.75, 3.05) is 19.0 Å². The number of rotatable bonds is 7. The molecule has 0 radical (unpaired) electrons.